The van der Waals surface area contributed by atoms with Gasteiger partial charge in [-0.3, -0.25) is 9.69 Å². The van der Waals surface area contributed by atoms with Crippen LogP contribution >= 0.6 is 11.3 Å². The zero-order valence-electron chi connectivity index (χ0n) is 20.7. The van der Waals surface area contributed by atoms with Crippen LogP contribution < -0.4 is 4.90 Å². The molecule has 0 N–H and O–H groups in total. The highest BCUT2D eigenvalue weighted by molar-refractivity contribution is 7.14. The summed E-state index contributed by atoms with van der Waals surface area (Å²) in [5, 5.41) is 11.8. The van der Waals surface area contributed by atoms with Gasteiger partial charge in [0.05, 0.1) is 11.4 Å². The van der Waals surface area contributed by atoms with E-state index in [1.165, 1.54) is 23.2 Å². The summed E-state index contributed by atoms with van der Waals surface area (Å²) >= 11 is 1.28. The van der Waals surface area contributed by atoms with Crippen LogP contribution in [0.3, 0.4) is 0 Å². The molecule has 7 nitrogen and oxygen atoms in total. The second-order valence-electron chi connectivity index (χ2n) is 8.72. The van der Waals surface area contributed by atoms with Crippen LogP contribution in [0.25, 0.3) is 6.08 Å². The van der Waals surface area contributed by atoms with Gasteiger partial charge in [-0.15, -0.1) is 11.3 Å². The van der Waals surface area contributed by atoms with E-state index in [-0.39, 0.29) is 18.1 Å². The minimum atomic E-state index is -0.708. The number of nitriles is 1. The van der Waals surface area contributed by atoms with E-state index in [1.54, 1.807) is 11.5 Å². The molecule has 3 rings (SSSR count). The van der Waals surface area contributed by atoms with Crippen molar-refractivity contribution in [2.75, 3.05) is 4.90 Å². The van der Waals surface area contributed by atoms with Crippen LogP contribution in [0.15, 0.2) is 47.4 Å². The molecule has 1 aromatic carbocycles. The highest BCUT2D eigenvalue weighted by atomic mass is 32.1. The van der Waals surface area contributed by atoms with Crippen molar-refractivity contribution >= 4 is 40.1 Å². The molecule has 0 aliphatic heterocycles. The Kier molecular flexibility index (Phi) is 8.61. The summed E-state index contributed by atoms with van der Waals surface area (Å²) < 4.78 is 7.58. The van der Waals surface area contributed by atoms with Crippen molar-refractivity contribution < 1.29 is 14.3 Å². The predicted molar refractivity (Wildman–Crippen MR) is 138 cm³/mol. The number of nitrogens with zero attached hydrogens (tertiary/aromatic N) is 4. The van der Waals surface area contributed by atoms with Crippen LogP contribution in [0.5, 0.6) is 0 Å². The van der Waals surface area contributed by atoms with Crippen LogP contribution in [0, 0.1) is 31.1 Å². The zero-order valence-corrected chi connectivity index (χ0v) is 21.6. The van der Waals surface area contributed by atoms with Crippen molar-refractivity contribution in [2.24, 2.45) is 5.92 Å². The van der Waals surface area contributed by atoms with E-state index in [2.05, 4.69) is 23.4 Å². The number of benzene rings is 1. The molecule has 0 aliphatic rings. The van der Waals surface area contributed by atoms with Gasteiger partial charge in [-0.2, -0.15) is 5.26 Å². The first-order valence-electron chi connectivity index (χ1n) is 11.5. The lowest BCUT2D eigenvalue weighted by molar-refractivity contribution is -0.139. The van der Waals surface area contributed by atoms with Gasteiger partial charge >= 0.3 is 5.97 Å². The maximum Gasteiger partial charge on any atom is 0.349 e. The topological polar surface area (TPSA) is 88.2 Å². The SMILES string of the molecule is CC(=O)N(c1ccccc1)c1nc(COC(=O)/C(C#N)=C/c2cc(C)n(CCC(C)C)c2C)cs1. The van der Waals surface area contributed by atoms with Gasteiger partial charge in [0, 0.05) is 30.2 Å². The van der Waals surface area contributed by atoms with Gasteiger partial charge in [0.25, 0.3) is 0 Å². The van der Waals surface area contributed by atoms with E-state index in [9.17, 15) is 14.9 Å². The van der Waals surface area contributed by atoms with Gasteiger partial charge in [-0.1, -0.05) is 32.0 Å². The molecule has 1 amide bonds. The number of carbonyl (C=O) groups excluding carboxylic acids is 2. The third kappa shape index (κ3) is 6.46. The Labute approximate surface area is 210 Å². The third-order valence-electron chi connectivity index (χ3n) is 5.59. The number of hydrogen-bond donors (Lipinski definition) is 0. The van der Waals surface area contributed by atoms with E-state index in [1.807, 2.05) is 56.3 Å². The molecule has 0 fully saturated rings. The second-order valence-corrected chi connectivity index (χ2v) is 9.55. The van der Waals surface area contributed by atoms with Gasteiger partial charge < -0.3 is 9.30 Å². The monoisotopic (exact) mass is 490 g/mol. The largest absolute Gasteiger partial charge is 0.455 e. The number of amides is 1. The van der Waals surface area contributed by atoms with Crippen molar-refractivity contribution in [2.45, 2.75) is 54.2 Å². The summed E-state index contributed by atoms with van der Waals surface area (Å²) in [6, 6.07) is 13.2. The van der Waals surface area contributed by atoms with Gasteiger partial charge in [0.2, 0.25) is 5.91 Å². The molecular formula is C27H30N4O3S. The Hall–Kier alpha value is -3.70. The number of aryl methyl sites for hydroxylation is 1. The first-order valence-corrected chi connectivity index (χ1v) is 12.3. The Bertz CT molecular complexity index is 1270. The summed E-state index contributed by atoms with van der Waals surface area (Å²) in [7, 11) is 0. The fraction of sp³-hybridized carbons (Fsp3) is 0.333. The van der Waals surface area contributed by atoms with Crippen molar-refractivity contribution in [1.82, 2.24) is 9.55 Å². The van der Waals surface area contributed by atoms with Crippen LogP contribution in [0.1, 0.15) is 49.8 Å². The Morgan fingerprint density at radius 2 is 1.97 bits per heavy atom. The molecule has 35 heavy (non-hydrogen) atoms. The normalized spacial score (nSPS) is 11.4. The molecule has 182 valence electrons. The van der Waals surface area contributed by atoms with Gasteiger partial charge in [0.1, 0.15) is 18.2 Å². The highest BCUT2D eigenvalue weighted by Gasteiger charge is 2.19. The first-order chi connectivity index (χ1) is 16.7. The average molecular weight is 491 g/mol. The van der Waals surface area contributed by atoms with Crippen molar-refractivity contribution in [3.63, 3.8) is 0 Å². The summed E-state index contributed by atoms with van der Waals surface area (Å²) in [4.78, 5) is 30.8. The quantitative estimate of drug-likeness (QED) is 0.210. The smallest absolute Gasteiger partial charge is 0.349 e. The standard InChI is InChI=1S/C27H30N4O3S/c1-18(2)11-12-30-19(3)13-22(20(30)4)14-23(15-28)26(33)34-16-24-17-35-27(29-24)31(21(5)32)25-9-7-6-8-10-25/h6-10,13-14,17-18H,11-12,16H2,1-5H3/b23-14+. The van der Waals surface area contributed by atoms with Crippen molar-refractivity contribution in [3.05, 3.63) is 70.0 Å². The summed E-state index contributed by atoms with van der Waals surface area (Å²) in [6.07, 6.45) is 2.63. The van der Waals surface area contributed by atoms with Crippen molar-refractivity contribution in [1.29, 1.82) is 5.26 Å². The molecule has 0 bridgehead atoms. The number of aromatic nitrogens is 2. The third-order valence-corrected chi connectivity index (χ3v) is 6.47. The Morgan fingerprint density at radius 3 is 2.60 bits per heavy atom. The molecule has 0 spiro atoms. The zero-order chi connectivity index (χ0) is 25.5. The van der Waals surface area contributed by atoms with Crippen LogP contribution in [-0.2, 0) is 27.5 Å². The molecule has 0 radical (unpaired) electrons. The van der Waals surface area contributed by atoms with Crippen molar-refractivity contribution in [3.8, 4) is 6.07 Å². The molecule has 3 aromatic rings. The number of ether oxygens (including phenoxy) is 1. The predicted octanol–water partition coefficient (Wildman–Crippen LogP) is 5.94. The van der Waals surface area contributed by atoms with E-state index in [4.69, 9.17) is 4.74 Å². The van der Waals surface area contributed by atoms with E-state index in [0.29, 0.717) is 22.4 Å². The van der Waals surface area contributed by atoms with E-state index >= 15 is 0 Å². The molecule has 0 unspecified atom stereocenters. The molecule has 2 heterocycles. The minimum absolute atomic E-state index is 0.0702. The van der Waals surface area contributed by atoms with Crippen LogP contribution in [0.2, 0.25) is 0 Å². The second kappa shape index (κ2) is 11.6. The summed E-state index contributed by atoms with van der Waals surface area (Å²) in [5.41, 5.74) is 4.07. The first kappa shape index (κ1) is 25.9. The van der Waals surface area contributed by atoms with Gasteiger partial charge in [-0.05, 0) is 56.0 Å². The Morgan fingerprint density at radius 1 is 1.26 bits per heavy atom. The molecule has 8 heteroatoms. The number of anilines is 2. The number of para-hydroxylation sites is 1. The molecular weight excluding hydrogens is 460 g/mol. The molecule has 0 saturated carbocycles. The minimum Gasteiger partial charge on any atom is -0.455 e. The number of rotatable bonds is 9. The maximum absolute atomic E-state index is 12.6. The van der Waals surface area contributed by atoms with Crippen LogP contribution in [0.4, 0.5) is 10.8 Å². The fourth-order valence-corrected chi connectivity index (χ4v) is 4.56. The lowest BCUT2D eigenvalue weighted by Crippen LogP contribution is -2.22. The molecule has 2 aromatic heterocycles. The summed E-state index contributed by atoms with van der Waals surface area (Å²) in [5.74, 6) is -0.295. The lowest BCUT2D eigenvalue weighted by Gasteiger charge is -2.17. The summed E-state index contributed by atoms with van der Waals surface area (Å²) in [6.45, 7) is 10.6. The highest BCUT2D eigenvalue weighted by Crippen LogP contribution is 2.29. The number of carbonyl (C=O) groups is 2. The van der Waals surface area contributed by atoms with Crippen LogP contribution in [-0.4, -0.2) is 21.4 Å². The van der Waals surface area contributed by atoms with Gasteiger partial charge in [-0.25, -0.2) is 9.78 Å². The lowest BCUT2D eigenvalue weighted by atomic mass is 10.1. The van der Waals surface area contributed by atoms with Gasteiger partial charge in [0.15, 0.2) is 5.13 Å². The number of hydrogen-bond acceptors (Lipinski definition) is 6. The Balaban J connectivity index is 1.71. The molecule has 0 saturated heterocycles. The molecule has 0 atom stereocenters. The van der Waals surface area contributed by atoms with E-state index in [0.717, 1.165) is 29.9 Å². The molecule has 0 aliphatic carbocycles. The fourth-order valence-electron chi connectivity index (χ4n) is 3.68. The number of thiazole rings is 1. The van der Waals surface area contributed by atoms with E-state index < -0.39 is 5.97 Å². The average Bonchev–Trinajstić information content (AvgIpc) is 3.38. The maximum atomic E-state index is 12.6. The number of esters is 1.